The van der Waals surface area contributed by atoms with Gasteiger partial charge in [-0.1, -0.05) is 64.9 Å². The van der Waals surface area contributed by atoms with E-state index in [1.54, 1.807) is 0 Å². The summed E-state index contributed by atoms with van der Waals surface area (Å²) in [6.07, 6.45) is 7.01. The van der Waals surface area contributed by atoms with Crippen LogP contribution in [0.1, 0.15) is 45.4 Å². The van der Waals surface area contributed by atoms with Gasteiger partial charge in [-0.2, -0.15) is 0 Å². The number of rotatable bonds is 8. The zero-order chi connectivity index (χ0) is 10.1. The average Bonchev–Trinajstić information content (AvgIpc) is 2.14. The lowest BCUT2D eigenvalue weighted by atomic mass is 10.1. The number of carbonyl (C=O) groups is 1. The van der Waals surface area contributed by atoms with Crippen molar-refractivity contribution in [3.05, 3.63) is 0 Å². The molecule has 0 aliphatic heterocycles. The number of ketones is 1. The van der Waals surface area contributed by atoms with Crippen LogP contribution < -0.4 is 0 Å². The molecule has 0 bridgehead atoms. The maximum Gasteiger partial charge on any atom is 0.142 e. The van der Waals surface area contributed by atoms with Crippen molar-refractivity contribution in [1.82, 2.24) is 0 Å². The first kappa shape index (κ1) is 14.1. The molecule has 0 rings (SSSR count). The fourth-order valence-corrected chi connectivity index (χ4v) is 2.42. The summed E-state index contributed by atoms with van der Waals surface area (Å²) in [5.74, 6) is 0.402. The molecule has 0 spiro atoms. The molecule has 78 valence electrons. The summed E-state index contributed by atoms with van der Waals surface area (Å²) >= 11 is 4.65. The van der Waals surface area contributed by atoms with Crippen molar-refractivity contribution in [3.8, 4) is 0 Å². The molecule has 0 fully saturated rings. The third-order valence-corrected chi connectivity index (χ3v) is 4.09. The Balaban J connectivity index is 3.26. The Morgan fingerprint density at radius 3 is 2.46 bits per heavy atom. The largest absolute Gasteiger partial charge is 0.299 e. The predicted molar refractivity (Wildman–Crippen MR) is 75.1 cm³/mol. The van der Waals surface area contributed by atoms with Gasteiger partial charge in [-0.05, 0) is 19.3 Å². The van der Waals surface area contributed by atoms with Crippen LogP contribution in [0.5, 0.6) is 0 Å². The molecular weight excluding hydrogens is 390 g/mol. The summed E-state index contributed by atoms with van der Waals surface area (Å²) in [5, 5.41) is 0. The van der Waals surface area contributed by atoms with Crippen LogP contribution in [0.4, 0.5) is 0 Å². The second-order valence-electron chi connectivity index (χ2n) is 3.30. The minimum Gasteiger partial charge on any atom is -0.299 e. The number of carbonyl (C=O) groups excluding carboxylic acids is 1. The van der Waals surface area contributed by atoms with Gasteiger partial charge in [-0.3, -0.25) is 4.79 Å². The normalized spacial score (nSPS) is 12.8. The van der Waals surface area contributed by atoms with Crippen LogP contribution in [0, 0.1) is 0 Å². The Morgan fingerprint density at radius 1 is 1.31 bits per heavy atom. The van der Waals surface area contributed by atoms with Gasteiger partial charge in [0.05, 0.1) is 4.43 Å². The van der Waals surface area contributed by atoms with Gasteiger partial charge in [0.1, 0.15) is 5.78 Å². The summed E-state index contributed by atoms with van der Waals surface area (Å²) in [7, 11) is 0. The molecule has 0 N–H and O–H groups in total. The van der Waals surface area contributed by atoms with Crippen LogP contribution in [0.3, 0.4) is 0 Å². The van der Waals surface area contributed by atoms with Crippen LogP contribution in [0.25, 0.3) is 0 Å². The predicted octanol–water partition coefficient (Wildman–Crippen LogP) is 4.15. The summed E-state index contributed by atoms with van der Waals surface area (Å²) < 4.78 is 1.46. The average molecular weight is 408 g/mol. The summed E-state index contributed by atoms with van der Waals surface area (Å²) in [5.41, 5.74) is 0. The van der Waals surface area contributed by atoms with E-state index in [0.717, 1.165) is 16.8 Å². The van der Waals surface area contributed by atoms with E-state index < -0.39 is 0 Å². The van der Waals surface area contributed by atoms with Gasteiger partial charge in [0, 0.05) is 10.3 Å². The lowest BCUT2D eigenvalue weighted by molar-refractivity contribution is -0.116. The van der Waals surface area contributed by atoms with Crippen molar-refractivity contribution in [2.24, 2.45) is 0 Å². The monoisotopic (exact) mass is 408 g/mol. The highest BCUT2D eigenvalue weighted by Gasteiger charge is 2.04. The fraction of sp³-hybridized carbons (Fsp3) is 0.900. The van der Waals surface area contributed by atoms with Crippen LogP contribution in [0.2, 0.25) is 0 Å². The van der Waals surface area contributed by atoms with E-state index in [-0.39, 0.29) is 0 Å². The van der Waals surface area contributed by atoms with E-state index in [1.165, 1.54) is 25.7 Å². The molecule has 0 saturated heterocycles. The smallest absolute Gasteiger partial charge is 0.142 e. The lowest BCUT2D eigenvalue weighted by Gasteiger charge is -2.07. The Hall–Kier alpha value is 1.13. The highest BCUT2D eigenvalue weighted by molar-refractivity contribution is 14.1. The molecule has 0 aromatic rings. The van der Waals surface area contributed by atoms with Crippen molar-refractivity contribution >= 4 is 51.0 Å². The highest BCUT2D eigenvalue weighted by Crippen LogP contribution is 2.17. The number of hydrogen-bond donors (Lipinski definition) is 0. The van der Waals surface area contributed by atoms with Gasteiger partial charge in [-0.25, -0.2) is 0 Å². The van der Waals surface area contributed by atoms with Crippen LogP contribution in [-0.4, -0.2) is 14.1 Å². The van der Waals surface area contributed by atoms with E-state index in [4.69, 9.17) is 0 Å². The molecule has 1 atom stereocenters. The molecule has 0 heterocycles. The first-order chi connectivity index (χ1) is 6.20. The number of hydrogen-bond acceptors (Lipinski definition) is 1. The minimum atomic E-state index is 0.402. The Bertz CT molecular complexity index is 137. The standard InChI is InChI=1S/C10H18I2O/c1-2-3-5-9(12)6-4-7-10(13)8-11/h9H,2-8H2,1H3. The number of halogens is 2. The second-order valence-corrected chi connectivity index (χ2v) is 5.83. The molecule has 0 aromatic carbocycles. The van der Waals surface area contributed by atoms with Gasteiger partial charge in [0.2, 0.25) is 0 Å². The third-order valence-electron chi connectivity index (χ3n) is 1.99. The van der Waals surface area contributed by atoms with Gasteiger partial charge in [0.25, 0.3) is 0 Å². The molecule has 0 amide bonds. The quantitative estimate of drug-likeness (QED) is 0.436. The van der Waals surface area contributed by atoms with Gasteiger partial charge >= 0.3 is 0 Å². The Labute approximate surface area is 109 Å². The maximum absolute atomic E-state index is 11.0. The SMILES string of the molecule is CCCCC(I)CCCC(=O)CI. The molecule has 0 radical (unpaired) electrons. The molecule has 1 unspecified atom stereocenters. The number of unbranched alkanes of at least 4 members (excludes halogenated alkanes) is 1. The van der Waals surface area contributed by atoms with Crippen molar-refractivity contribution in [1.29, 1.82) is 0 Å². The Kier molecular flexibility index (Phi) is 10.5. The molecule has 0 aliphatic rings. The fourth-order valence-electron chi connectivity index (χ4n) is 1.16. The third kappa shape index (κ3) is 9.43. The molecular formula is C10H18I2O. The van der Waals surface area contributed by atoms with Crippen molar-refractivity contribution in [2.45, 2.75) is 49.4 Å². The molecule has 13 heavy (non-hydrogen) atoms. The van der Waals surface area contributed by atoms with Crippen molar-refractivity contribution in [2.75, 3.05) is 4.43 Å². The molecule has 0 aliphatic carbocycles. The summed E-state index contributed by atoms with van der Waals surface area (Å²) in [6, 6.07) is 0. The molecule has 3 heteroatoms. The number of alkyl halides is 2. The minimum absolute atomic E-state index is 0.402. The topological polar surface area (TPSA) is 17.1 Å². The van der Waals surface area contributed by atoms with Crippen molar-refractivity contribution < 1.29 is 4.79 Å². The van der Waals surface area contributed by atoms with E-state index in [0.29, 0.717) is 10.2 Å². The van der Waals surface area contributed by atoms with Crippen molar-refractivity contribution in [3.63, 3.8) is 0 Å². The van der Waals surface area contributed by atoms with E-state index >= 15 is 0 Å². The number of Topliss-reactive ketones (excluding diaryl/α,β-unsaturated/α-hetero) is 1. The summed E-state index contributed by atoms with van der Waals surface area (Å²) in [4.78, 5) is 11.0. The Morgan fingerprint density at radius 2 is 1.92 bits per heavy atom. The van der Waals surface area contributed by atoms with E-state index in [2.05, 4.69) is 52.1 Å². The second kappa shape index (κ2) is 9.68. The van der Waals surface area contributed by atoms with E-state index in [9.17, 15) is 4.79 Å². The van der Waals surface area contributed by atoms with Gasteiger partial charge < -0.3 is 0 Å². The lowest BCUT2D eigenvalue weighted by Crippen LogP contribution is -2.02. The molecule has 0 saturated carbocycles. The van der Waals surface area contributed by atoms with Crippen LogP contribution in [0.15, 0.2) is 0 Å². The van der Waals surface area contributed by atoms with Crippen LogP contribution >= 0.6 is 45.2 Å². The maximum atomic E-state index is 11.0. The van der Waals surface area contributed by atoms with Gasteiger partial charge in [0.15, 0.2) is 0 Å². The zero-order valence-electron chi connectivity index (χ0n) is 8.19. The summed E-state index contributed by atoms with van der Waals surface area (Å²) in [6.45, 7) is 2.23. The first-order valence-electron chi connectivity index (χ1n) is 4.92. The molecule has 1 nitrogen and oxygen atoms in total. The van der Waals surface area contributed by atoms with E-state index in [1.807, 2.05) is 0 Å². The first-order valence-corrected chi connectivity index (χ1v) is 7.69. The zero-order valence-corrected chi connectivity index (χ0v) is 12.5. The highest BCUT2D eigenvalue weighted by atomic mass is 127. The van der Waals surface area contributed by atoms with Gasteiger partial charge in [-0.15, -0.1) is 0 Å². The molecule has 0 aromatic heterocycles. The van der Waals surface area contributed by atoms with Crippen LogP contribution in [-0.2, 0) is 4.79 Å².